The van der Waals surface area contributed by atoms with E-state index in [1.807, 2.05) is 0 Å². The van der Waals surface area contributed by atoms with E-state index in [0.717, 1.165) is 23.3 Å². The summed E-state index contributed by atoms with van der Waals surface area (Å²) in [7, 11) is 0. The molecule has 138 valence electrons. The normalized spacial score (nSPS) is 43.4. The van der Waals surface area contributed by atoms with E-state index in [-0.39, 0.29) is 6.19 Å². The van der Waals surface area contributed by atoms with E-state index < -0.39 is 16.9 Å². The van der Waals surface area contributed by atoms with Crippen LogP contribution in [-0.2, 0) is 16.9 Å². The standard InChI is InChI=1S/C10H16N.C8H11.C4H10Si.Ti/c11-10-4-7-1-8(5-10)3-9(2-7)6-10;1-6-4-5-7(2)8(6)3;1-4(2)5-3;/h7-9,11H,1-6H2;4-5H,1-3H3;4H,1-3H3;/q-1;;;+1. The van der Waals surface area contributed by atoms with Crippen molar-refractivity contribution >= 4 is 6.19 Å². The molecule has 0 heterocycles. The topological polar surface area (TPSA) is 12.0 Å². The first-order valence-electron chi connectivity index (χ1n) is 10.6. The summed E-state index contributed by atoms with van der Waals surface area (Å²) >= 11 is -1.45. The maximum absolute atomic E-state index is 4.60. The van der Waals surface area contributed by atoms with Crippen molar-refractivity contribution in [2.24, 2.45) is 17.8 Å². The van der Waals surface area contributed by atoms with Crippen LogP contribution in [0.4, 0.5) is 0 Å². The van der Waals surface area contributed by atoms with Gasteiger partial charge in [-0.3, -0.25) is 0 Å². The van der Waals surface area contributed by atoms with Crippen LogP contribution in [0.3, 0.4) is 0 Å². The molecule has 5 aliphatic carbocycles. The van der Waals surface area contributed by atoms with Crippen molar-refractivity contribution in [1.82, 2.24) is 3.80 Å². The van der Waals surface area contributed by atoms with Crippen LogP contribution in [0.25, 0.3) is 0 Å². The van der Waals surface area contributed by atoms with E-state index in [4.69, 9.17) is 0 Å². The van der Waals surface area contributed by atoms with Crippen LogP contribution in [0.1, 0.15) is 73.1 Å². The molecule has 4 bridgehead atoms. The van der Waals surface area contributed by atoms with Crippen LogP contribution < -0.4 is 3.80 Å². The van der Waals surface area contributed by atoms with Crippen LogP contribution in [-0.4, -0.2) is 11.7 Å². The van der Waals surface area contributed by atoms with E-state index >= 15 is 0 Å². The molecule has 0 radical (unpaired) electrons. The minimum absolute atomic E-state index is 0.313. The average Bonchev–Trinajstić information content (AvgIpc) is 2.79. The second-order valence-corrected chi connectivity index (χ2v) is 21.8. The minimum atomic E-state index is -1.45. The van der Waals surface area contributed by atoms with E-state index in [0.29, 0.717) is 9.26 Å². The third-order valence-electron chi connectivity index (χ3n) is 8.25. The fourth-order valence-corrected chi connectivity index (χ4v) is 20.9. The summed E-state index contributed by atoms with van der Waals surface area (Å²) in [5.41, 5.74) is 4.65. The first-order valence-corrected chi connectivity index (χ1v) is 16.6. The molecule has 0 saturated heterocycles. The SMILES string of the molecule is CC1=C(C)[C](C)([Ti]([NH]C23CC4CC(CC(C4)C2)C3)=[Si](C)C(C)C)C=C1. The van der Waals surface area contributed by atoms with E-state index in [9.17, 15) is 0 Å². The molecule has 0 aromatic carbocycles. The predicted molar refractivity (Wildman–Crippen MR) is 107 cm³/mol. The number of nitrogens with one attached hydrogen (secondary N) is 1. The number of rotatable bonds is 4. The van der Waals surface area contributed by atoms with Crippen molar-refractivity contribution in [3.63, 3.8) is 0 Å². The molecule has 4 saturated carbocycles. The molecule has 0 aliphatic heterocycles. The molecule has 0 aromatic rings. The van der Waals surface area contributed by atoms with Gasteiger partial charge in [0.2, 0.25) is 0 Å². The Balaban J connectivity index is 1.72. The summed E-state index contributed by atoms with van der Waals surface area (Å²) in [5, 5.41) is 0. The predicted octanol–water partition coefficient (Wildman–Crippen LogP) is 6.19. The molecule has 0 amide bonds. The van der Waals surface area contributed by atoms with Gasteiger partial charge in [-0.1, -0.05) is 0 Å². The monoisotopic (exact) mass is 391 g/mol. The van der Waals surface area contributed by atoms with Crippen molar-refractivity contribution < 1.29 is 16.9 Å². The van der Waals surface area contributed by atoms with Gasteiger partial charge in [-0.25, -0.2) is 0 Å². The van der Waals surface area contributed by atoms with Gasteiger partial charge < -0.3 is 0 Å². The first kappa shape index (κ1) is 18.7. The van der Waals surface area contributed by atoms with Gasteiger partial charge in [0.15, 0.2) is 0 Å². The molecule has 1 nitrogen and oxygen atoms in total. The Morgan fingerprint density at radius 2 is 1.60 bits per heavy atom. The molecule has 5 aliphatic rings. The number of hydrogen-bond donors (Lipinski definition) is 1. The van der Waals surface area contributed by atoms with Crippen LogP contribution in [0.15, 0.2) is 23.3 Å². The molecule has 25 heavy (non-hydrogen) atoms. The van der Waals surface area contributed by atoms with E-state index in [2.05, 4.69) is 57.1 Å². The molecule has 0 spiro atoms. The number of hydrogen-bond acceptors (Lipinski definition) is 1. The molecular formula is C22H37NSiTi. The second-order valence-electron chi connectivity index (χ2n) is 10.4. The molecule has 1 unspecified atom stereocenters. The maximum atomic E-state index is 4.60. The molecule has 1 atom stereocenters. The summed E-state index contributed by atoms with van der Waals surface area (Å²) in [5.74, 6) is 3.15. The third kappa shape index (κ3) is 3.14. The fourth-order valence-electron chi connectivity index (χ4n) is 6.68. The zero-order chi connectivity index (χ0) is 18.0. The second kappa shape index (κ2) is 6.47. The van der Waals surface area contributed by atoms with Crippen LogP contribution in [0.5, 0.6) is 0 Å². The summed E-state index contributed by atoms with van der Waals surface area (Å²) in [6, 6.07) is 0. The van der Waals surface area contributed by atoms with Crippen LogP contribution >= 0.6 is 0 Å². The zero-order valence-electron chi connectivity index (χ0n) is 17.2. The van der Waals surface area contributed by atoms with Gasteiger partial charge in [-0.2, -0.15) is 0 Å². The quantitative estimate of drug-likeness (QED) is 0.563. The van der Waals surface area contributed by atoms with Crippen molar-refractivity contribution in [3.8, 4) is 0 Å². The van der Waals surface area contributed by atoms with Gasteiger partial charge in [0.1, 0.15) is 0 Å². The Bertz CT molecular complexity index is 636. The molecule has 5 rings (SSSR count). The Morgan fingerprint density at radius 3 is 2.00 bits per heavy atom. The summed E-state index contributed by atoms with van der Waals surface area (Å²) in [6.45, 7) is 15.0. The average molecular weight is 391 g/mol. The van der Waals surface area contributed by atoms with Crippen molar-refractivity contribution in [3.05, 3.63) is 23.3 Å². The summed E-state index contributed by atoms with van der Waals surface area (Å²) in [6.07, 6.45) is 13.9. The molecule has 3 heteroatoms. The van der Waals surface area contributed by atoms with Crippen LogP contribution in [0.2, 0.25) is 15.8 Å². The van der Waals surface area contributed by atoms with Crippen LogP contribution in [0, 0.1) is 17.8 Å². The Labute approximate surface area is 162 Å². The molecule has 4 fully saturated rings. The van der Waals surface area contributed by atoms with Crippen molar-refractivity contribution in [1.29, 1.82) is 0 Å². The molecule has 1 N–H and O–H groups in total. The fraction of sp³-hybridized carbons (Fsp3) is 0.818. The molecular weight excluding hydrogens is 354 g/mol. The van der Waals surface area contributed by atoms with Crippen molar-refractivity contribution in [2.75, 3.05) is 0 Å². The van der Waals surface area contributed by atoms with Gasteiger partial charge in [0.25, 0.3) is 0 Å². The van der Waals surface area contributed by atoms with Gasteiger partial charge in [0.05, 0.1) is 0 Å². The molecule has 0 aromatic heterocycles. The zero-order valence-corrected chi connectivity index (χ0v) is 19.8. The Kier molecular flexibility index (Phi) is 4.84. The summed E-state index contributed by atoms with van der Waals surface area (Å²) in [4.78, 5) is 0. The Hall–Kier alpha value is 0.371. The van der Waals surface area contributed by atoms with E-state index in [1.165, 1.54) is 19.3 Å². The van der Waals surface area contributed by atoms with Gasteiger partial charge in [-0.15, -0.1) is 0 Å². The summed E-state index contributed by atoms with van der Waals surface area (Å²) < 4.78 is 4.99. The van der Waals surface area contributed by atoms with Gasteiger partial charge in [0, 0.05) is 0 Å². The van der Waals surface area contributed by atoms with Gasteiger partial charge in [-0.05, 0) is 0 Å². The number of allylic oxidation sites excluding steroid dienone is 4. The third-order valence-corrected chi connectivity index (χ3v) is 23.5. The van der Waals surface area contributed by atoms with Gasteiger partial charge >= 0.3 is 162 Å². The Morgan fingerprint density at radius 1 is 1.08 bits per heavy atom. The van der Waals surface area contributed by atoms with Crippen molar-refractivity contribution in [2.45, 2.75) is 94.5 Å². The first-order chi connectivity index (χ1) is 11.7. The van der Waals surface area contributed by atoms with E-state index in [1.54, 1.807) is 30.4 Å².